The van der Waals surface area contributed by atoms with Gasteiger partial charge in [0.1, 0.15) is 5.69 Å². The smallest absolute Gasteiger partial charge is 0.115 e. The van der Waals surface area contributed by atoms with Crippen molar-refractivity contribution in [2.45, 2.75) is 0 Å². The van der Waals surface area contributed by atoms with Crippen LogP contribution in [-0.2, 0) is 0 Å². The van der Waals surface area contributed by atoms with E-state index < -0.39 is 5.75 Å². The third-order valence-corrected chi connectivity index (χ3v) is 3.25. The van der Waals surface area contributed by atoms with Crippen LogP contribution in [0.5, 0.6) is 11.5 Å². The minimum absolute atomic E-state index is 0.0321. The Labute approximate surface area is 112 Å². The van der Waals surface area contributed by atoms with Gasteiger partial charge in [-0.15, -0.1) is 4.91 Å². The topological polar surface area (TPSA) is 108 Å². The number of nitrogens with one attached hydrogen (secondary N) is 1. The van der Waals surface area contributed by atoms with Crippen molar-refractivity contribution >= 4 is 32.9 Å². The van der Waals surface area contributed by atoms with Gasteiger partial charge in [-0.3, -0.25) is 10.7 Å². The van der Waals surface area contributed by atoms with E-state index in [-0.39, 0.29) is 33.0 Å². The summed E-state index contributed by atoms with van der Waals surface area (Å²) in [7, 11) is 0. The van der Waals surface area contributed by atoms with Gasteiger partial charge in [0.15, 0.2) is 0 Å². The van der Waals surface area contributed by atoms with Crippen LogP contribution in [-0.4, -0.2) is 5.21 Å². The fourth-order valence-corrected chi connectivity index (χ4v) is 2.32. The molecule has 2 N–H and O–H groups in total. The predicted octanol–water partition coefficient (Wildman–Crippen LogP) is 2.34. The molecule has 6 heteroatoms. The summed E-state index contributed by atoms with van der Waals surface area (Å²) in [4.78, 5) is 10.8. The number of benzene rings is 3. The fraction of sp³-hybridized carbons (Fsp3) is 0. The molecule has 100 valence electrons. The average molecular weight is 268 g/mol. The molecule has 6 nitrogen and oxygen atoms in total. The van der Waals surface area contributed by atoms with E-state index in [0.717, 1.165) is 0 Å². The minimum atomic E-state index is -0.422. The van der Waals surface area contributed by atoms with Crippen LogP contribution in [0.1, 0.15) is 0 Å². The maximum atomic E-state index is 12.4. The van der Waals surface area contributed by atoms with Crippen molar-refractivity contribution in [3.05, 3.63) is 41.3 Å². The Morgan fingerprint density at radius 2 is 1.80 bits per heavy atom. The van der Waals surface area contributed by atoms with Crippen molar-refractivity contribution in [3.63, 3.8) is 0 Å². The second-order valence-corrected chi connectivity index (χ2v) is 4.32. The van der Waals surface area contributed by atoms with Gasteiger partial charge in [0, 0.05) is 5.39 Å². The lowest BCUT2D eigenvalue weighted by molar-refractivity contribution is -0.267. The summed E-state index contributed by atoms with van der Waals surface area (Å²) in [6, 6.07) is 8.65. The van der Waals surface area contributed by atoms with Crippen LogP contribution in [0.25, 0.3) is 21.5 Å². The first kappa shape index (κ1) is 12.2. The van der Waals surface area contributed by atoms with Gasteiger partial charge >= 0.3 is 0 Å². The number of rotatable bonds is 2. The highest BCUT2D eigenvalue weighted by Gasteiger charge is 2.08. The molecule has 0 fully saturated rings. The van der Waals surface area contributed by atoms with Crippen LogP contribution in [0.3, 0.4) is 0 Å². The molecule has 0 saturated carbocycles. The molecular weight excluding hydrogens is 260 g/mol. The third kappa shape index (κ3) is 1.55. The average Bonchev–Trinajstić information content (AvgIpc) is 2.51. The first-order chi connectivity index (χ1) is 9.67. The molecule has 0 bridgehead atoms. The van der Waals surface area contributed by atoms with Gasteiger partial charge in [-0.2, -0.15) is 0 Å². The van der Waals surface area contributed by atoms with E-state index in [1.165, 1.54) is 36.4 Å². The Balaban J connectivity index is 2.57. The summed E-state index contributed by atoms with van der Waals surface area (Å²) in [6.07, 6.45) is 0. The summed E-state index contributed by atoms with van der Waals surface area (Å²) in [5.74, 6) is -0.800. The lowest BCUT2D eigenvalue weighted by Crippen LogP contribution is -2.00. The largest absolute Gasteiger partial charge is 0.872 e. The standard InChI is InChI=1S/C14H10N2O4/c17-13-9-2-1-3-11(16-20)12(9)14(18)8-5-4-7(15-19)6-10(8)13/h1-6,15,17-19H/p-2. The van der Waals surface area contributed by atoms with E-state index in [2.05, 4.69) is 5.18 Å². The van der Waals surface area contributed by atoms with Crippen LogP contribution >= 0.6 is 0 Å². The van der Waals surface area contributed by atoms with Gasteiger partial charge in [0.25, 0.3) is 0 Å². The minimum Gasteiger partial charge on any atom is -0.872 e. The molecule has 0 radical (unpaired) electrons. The quantitative estimate of drug-likeness (QED) is 0.421. The van der Waals surface area contributed by atoms with Gasteiger partial charge in [-0.05, 0) is 39.5 Å². The molecule has 0 unspecified atom stereocenters. The summed E-state index contributed by atoms with van der Waals surface area (Å²) in [6.45, 7) is 0. The fourth-order valence-electron chi connectivity index (χ4n) is 2.32. The second-order valence-electron chi connectivity index (χ2n) is 4.32. The van der Waals surface area contributed by atoms with Crippen molar-refractivity contribution in [2.75, 3.05) is 5.48 Å². The Bertz CT molecular complexity index is 846. The lowest BCUT2D eigenvalue weighted by Gasteiger charge is -2.23. The molecule has 3 rings (SSSR count). The molecule has 0 aliphatic carbocycles. The first-order valence-electron chi connectivity index (χ1n) is 5.77. The Morgan fingerprint density at radius 3 is 2.50 bits per heavy atom. The van der Waals surface area contributed by atoms with Crippen molar-refractivity contribution in [3.8, 4) is 11.5 Å². The molecule has 0 aliphatic rings. The number of fused-ring (bicyclic) bond motifs is 2. The Hall–Kier alpha value is -2.86. The zero-order valence-corrected chi connectivity index (χ0v) is 10.1. The van der Waals surface area contributed by atoms with E-state index in [1.807, 2.05) is 5.48 Å². The molecule has 0 saturated heterocycles. The molecule has 3 aromatic rings. The molecule has 0 aliphatic heterocycles. The third-order valence-electron chi connectivity index (χ3n) is 3.25. The number of nitroso groups, excluding NO2 is 1. The molecule has 0 spiro atoms. The molecule has 3 aromatic carbocycles. The molecule has 0 heterocycles. The summed E-state index contributed by atoms with van der Waals surface area (Å²) < 4.78 is 0. The first-order valence-corrected chi connectivity index (χ1v) is 5.77. The van der Waals surface area contributed by atoms with Crippen LogP contribution < -0.4 is 15.7 Å². The van der Waals surface area contributed by atoms with Gasteiger partial charge < -0.3 is 10.2 Å². The zero-order chi connectivity index (χ0) is 14.3. The van der Waals surface area contributed by atoms with Crippen molar-refractivity contribution < 1.29 is 15.4 Å². The van der Waals surface area contributed by atoms with Crippen molar-refractivity contribution in [2.24, 2.45) is 5.18 Å². The van der Waals surface area contributed by atoms with Gasteiger partial charge in [-0.25, -0.2) is 0 Å². The number of hydrogen-bond donors (Lipinski definition) is 2. The number of anilines is 1. The maximum absolute atomic E-state index is 12.4. The molecule has 20 heavy (non-hydrogen) atoms. The van der Waals surface area contributed by atoms with E-state index in [0.29, 0.717) is 5.69 Å². The summed E-state index contributed by atoms with van der Waals surface area (Å²) in [5, 5.41) is 37.0. The molecular formula is C14H8N2O4-2. The highest BCUT2D eigenvalue weighted by molar-refractivity contribution is 6.14. The van der Waals surface area contributed by atoms with E-state index in [1.54, 1.807) is 0 Å². The van der Waals surface area contributed by atoms with E-state index in [4.69, 9.17) is 5.21 Å². The monoisotopic (exact) mass is 268 g/mol. The van der Waals surface area contributed by atoms with Crippen LogP contribution in [0.4, 0.5) is 11.4 Å². The number of hydrogen-bond acceptors (Lipinski definition) is 6. The number of nitrogens with zero attached hydrogens (tertiary/aromatic N) is 1. The maximum Gasteiger partial charge on any atom is 0.115 e. The van der Waals surface area contributed by atoms with Gasteiger partial charge in [0.05, 0.1) is 5.69 Å². The van der Waals surface area contributed by atoms with Gasteiger partial charge in [-0.1, -0.05) is 29.7 Å². The molecule has 0 atom stereocenters. The Kier molecular flexibility index (Phi) is 2.66. The molecule has 0 aromatic heterocycles. The van der Waals surface area contributed by atoms with E-state index in [9.17, 15) is 15.1 Å². The van der Waals surface area contributed by atoms with Crippen LogP contribution in [0.2, 0.25) is 0 Å². The lowest BCUT2D eigenvalue weighted by atomic mass is 9.99. The predicted molar refractivity (Wildman–Crippen MR) is 71.2 cm³/mol. The van der Waals surface area contributed by atoms with Crippen molar-refractivity contribution in [1.82, 2.24) is 0 Å². The summed E-state index contributed by atoms with van der Waals surface area (Å²) in [5.41, 5.74) is 2.19. The second kappa shape index (κ2) is 4.36. The highest BCUT2D eigenvalue weighted by atomic mass is 16.5. The zero-order valence-electron chi connectivity index (χ0n) is 10.1. The molecule has 0 amide bonds. The van der Waals surface area contributed by atoms with Crippen LogP contribution in [0, 0.1) is 4.91 Å². The van der Waals surface area contributed by atoms with Gasteiger partial charge in [0.2, 0.25) is 0 Å². The SMILES string of the molecule is O=Nc1cccc2c([O-])c3cc(NO)ccc3c([O-])c12. The Morgan fingerprint density at radius 1 is 1.00 bits per heavy atom. The highest BCUT2D eigenvalue weighted by Crippen LogP contribution is 2.43. The van der Waals surface area contributed by atoms with Crippen LogP contribution in [0.15, 0.2) is 41.6 Å². The van der Waals surface area contributed by atoms with Crippen molar-refractivity contribution in [1.29, 1.82) is 0 Å². The summed E-state index contributed by atoms with van der Waals surface area (Å²) >= 11 is 0. The normalized spacial score (nSPS) is 10.8. The van der Waals surface area contributed by atoms with E-state index >= 15 is 0 Å².